The van der Waals surface area contributed by atoms with E-state index in [2.05, 4.69) is 10.3 Å². The van der Waals surface area contributed by atoms with E-state index in [1.807, 2.05) is 17.0 Å². The van der Waals surface area contributed by atoms with Gasteiger partial charge in [-0.05, 0) is 67.9 Å². The zero-order valence-electron chi connectivity index (χ0n) is 15.7. The number of piperidine rings is 1. The first kappa shape index (κ1) is 19.8. The predicted octanol–water partition coefficient (Wildman–Crippen LogP) is 2.33. The fourth-order valence-corrected chi connectivity index (χ4v) is 3.24. The van der Waals surface area contributed by atoms with Crippen molar-refractivity contribution in [3.63, 3.8) is 0 Å². The molecule has 3 rings (SSSR count). The van der Waals surface area contributed by atoms with Crippen LogP contribution in [-0.2, 0) is 11.4 Å². The summed E-state index contributed by atoms with van der Waals surface area (Å²) in [7, 11) is 0. The first-order valence-electron chi connectivity index (χ1n) is 9.50. The Morgan fingerprint density at radius 2 is 1.75 bits per heavy atom. The maximum absolute atomic E-state index is 12.4. The summed E-state index contributed by atoms with van der Waals surface area (Å²) in [6, 6.07) is 9.88. The molecule has 28 heavy (non-hydrogen) atoms. The van der Waals surface area contributed by atoms with Gasteiger partial charge in [-0.2, -0.15) is 0 Å². The molecule has 1 aliphatic rings. The minimum Gasteiger partial charge on any atom is -0.489 e. The Labute approximate surface area is 164 Å². The molecule has 0 saturated carbocycles. The van der Waals surface area contributed by atoms with Crippen molar-refractivity contribution in [3.8, 4) is 5.75 Å². The lowest BCUT2D eigenvalue weighted by molar-refractivity contribution is -0.143. The number of hydrogen-bond donors (Lipinski definition) is 2. The molecule has 148 valence electrons. The van der Waals surface area contributed by atoms with Crippen LogP contribution in [0.25, 0.3) is 0 Å². The predicted molar refractivity (Wildman–Crippen MR) is 104 cm³/mol. The van der Waals surface area contributed by atoms with Gasteiger partial charge in [0.2, 0.25) is 0 Å². The number of hydrogen-bond acceptors (Lipinski definition) is 5. The summed E-state index contributed by atoms with van der Waals surface area (Å²) in [6.07, 6.45) is 6.54. The van der Waals surface area contributed by atoms with Gasteiger partial charge in [0, 0.05) is 24.5 Å². The van der Waals surface area contributed by atoms with Crippen molar-refractivity contribution in [3.05, 3.63) is 59.9 Å². The van der Waals surface area contributed by atoms with E-state index in [1.54, 1.807) is 36.7 Å². The van der Waals surface area contributed by atoms with Crippen LogP contribution in [0, 0.1) is 0 Å². The van der Waals surface area contributed by atoms with Crippen LogP contribution in [0.3, 0.4) is 0 Å². The quantitative estimate of drug-likeness (QED) is 0.727. The lowest BCUT2D eigenvalue weighted by atomic mass is 10.1. The van der Waals surface area contributed by atoms with Crippen LogP contribution >= 0.6 is 0 Å². The molecule has 2 N–H and O–H groups in total. The van der Waals surface area contributed by atoms with E-state index in [0.717, 1.165) is 37.9 Å². The topological polar surface area (TPSA) is 91.8 Å². The van der Waals surface area contributed by atoms with Gasteiger partial charge >= 0.3 is 5.97 Å². The lowest BCUT2D eigenvalue weighted by Crippen LogP contribution is -2.50. The molecule has 1 fully saturated rings. The molecule has 1 atom stereocenters. The summed E-state index contributed by atoms with van der Waals surface area (Å²) in [4.78, 5) is 29.8. The third-order valence-electron chi connectivity index (χ3n) is 4.84. The molecule has 0 spiro atoms. The minimum atomic E-state index is -0.901. The fraction of sp³-hybridized carbons (Fsp3) is 0.381. The zero-order valence-corrected chi connectivity index (χ0v) is 15.7. The molecule has 7 heteroatoms. The summed E-state index contributed by atoms with van der Waals surface area (Å²) in [6.45, 7) is 2.03. The second kappa shape index (κ2) is 9.85. The van der Waals surface area contributed by atoms with Gasteiger partial charge in [0.15, 0.2) is 0 Å². The van der Waals surface area contributed by atoms with E-state index in [4.69, 9.17) is 4.74 Å². The van der Waals surface area contributed by atoms with Gasteiger partial charge in [-0.15, -0.1) is 0 Å². The highest BCUT2D eigenvalue weighted by atomic mass is 16.5. The first-order chi connectivity index (χ1) is 13.6. The van der Waals surface area contributed by atoms with Crippen molar-refractivity contribution in [1.82, 2.24) is 15.2 Å². The number of amides is 1. The monoisotopic (exact) mass is 383 g/mol. The number of carboxylic acid groups (broad SMARTS) is 1. The molecule has 2 aromatic rings. The normalized spacial score (nSPS) is 15.6. The van der Waals surface area contributed by atoms with E-state index >= 15 is 0 Å². The van der Waals surface area contributed by atoms with E-state index in [9.17, 15) is 14.7 Å². The van der Waals surface area contributed by atoms with E-state index in [-0.39, 0.29) is 12.5 Å². The van der Waals surface area contributed by atoms with Crippen molar-refractivity contribution in [2.45, 2.75) is 31.9 Å². The van der Waals surface area contributed by atoms with Crippen molar-refractivity contribution >= 4 is 11.9 Å². The molecule has 7 nitrogen and oxygen atoms in total. The third-order valence-corrected chi connectivity index (χ3v) is 4.84. The lowest BCUT2D eigenvalue weighted by Gasteiger charge is -2.31. The van der Waals surface area contributed by atoms with Crippen LogP contribution in [0.4, 0.5) is 0 Å². The summed E-state index contributed by atoms with van der Waals surface area (Å²) in [5, 5.41) is 12.2. The number of nitrogens with one attached hydrogen (secondary N) is 1. The first-order valence-corrected chi connectivity index (χ1v) is 9.50. The Hall–Kier alpha value is -2.93. The van der Waals surface area contributed by atoms with Crippen molar-refractivity contribution in [1.29, 1.82) is 0 Å². The van der Waals surface area contributed by atoms with Gasteiger partial charge in [0.1, 0.15) is 18.4 Å². The molecule has 0 aliphatic carbocycles. The van der Waals surface area contributed by atoms with Gasteiger partial charge in [-0.1, -0.05) is 6.42 Å². The number of nitrogens with zero attached hydrogens (tertiary/aromatic N) is 2. The Balaban J connectivity index is 1.51. The molecule has 0 unspecified atom stereocenters. The van der Waals surface area contributed by atoms with E-state index in [1.165, 1.54) is 0 Å². The number of benzene rings is 1. The van der Waals surface area contributed by atoms with Crippen LogP contribution < -0.4 is 10.1 Å². The number of aromatic nitrogens is 1. The number of ether oxygens (including phenoxy) is 1. The van der Waals surface area contributed by atoms with Gasteiger partial charge < -0.3 is 15.2 Å². The molecule has 1 aromatic heterocycles. The number of carboxylic acids is 1. The number of carbonyl (C=O) groups is 2. The average molecular weight is 383 g/mol. The molecule has 2 heterocycles. The van der Waals surface area contributed by atoms with E-state index < -0.39 is 12.0 Å². The molecule has 1 aromatic carbocycles. The molecule has 1 saturated heterocycles. The van der Waals surface area contributed by atoms with Crippen LogP contribution in [0.2, 0.25) is 0 Å². The van der Waals surface area contributed by atoms with E-state index in [0.29, 0.717) is 17.9 Å². The van der Waals surface area contributed by atoms with Gasteiger partial charge in [0.25, 0.3) is 5.91 Å². The summed E-state index contributed by atoms with van der Waals surface area (Å²) >= 11 is 0. The number of likely N-dealkylation sites (tertiary alicyclic amines) is 1. The Morgan fingerprint density at radius 1 is 1.07 bits per heavy atom. The van der Waals surface area contributed by atoms with Crippen molar-refractivity contribution in [2.24, 2.45) is 0 Å². The van der Waals surface area contributed by atoms with Crippen molar-refractivity contribution in [2.75, 3.05) is 19.6 Å². The van der Waals surface area contributed by atoms with Crippen LogP contribution in [0.5, 0.6) is 5.75 Å². The summed E-state index contributed by atoms with van der Waals surface area (Å²) in [5.41, 5.74) is 1.48. The third kappa shape index (κ3) is 5.53. The SMILES string of the molecule is O=C(NC[C@@H](C(=O)O)N1CCCCC1)c1ccc(OCc2ccncc2)cc1. The van der Waals surface area contributed by atoms with Crippen LogP contribution in [0.15, 0.2) is 48.8 Å². The molecule has 0 bridgehead atoms. The van der Waals surface area contributed by atoms with Gasteiger partial charge in [-0.25, -0.2) is 0 Å². The Bertz CT molecular complexity index is 774. The van der Waals surface area contributed by atoms with Crippen LogP contribution in [0.1, 0.15) is 35.2 Å². The fourth-order valence-electron chi connectivity index (χ4n) is 3.24. The number of rotatable bonds is 8. The second-order valence-electron chi connectivity index (χ2n) is 6.83. The van der Waals surface area contributed by atoms with Crippen molar-refractivity contribution < 1.29 is 19.4 Å². The molecule has 1 amide bonds. The minimum absolute atomic E-state index is 0.0917. The average Bonchev–Trinajstić information content (AvgIpc) is 2.74. The van der Waals surface area contributed by atoms with Gasteiger partial charge in [0.05, 0.1) is 0 Å². The molecular weight excluding hydrogens is 358 g/mol. The number of aliphatic carboxylic acids is 1. The Kier molecular flexibility index (Phi) is 6.97. The maximum atomic E-state index is 12.4. The summed E-state index contributed by atoms with van der Waals surface area (Å²) in [5.74, 6) is -0.531. The largest absolute Gasteiger partial charge is 0.489 e. The highest BCUT2D eigenvalue weighted by Gasteiger charge is 2.27. The van der Waals surface area contributed by atoms with Crippen LogP contribution in [-0.4, -0.2) is 52.5 Å². The highest BCUT2D eigenvalue weighted by Crippen LogP contribution is 2.15. The smallest absolute Gasteiger partial charge is 0.322 e. The molecule has 0 radical (unpaired) electrons. The second-order valence-corrected chi connectivity index (χ2v) is 6.83. The maximum Gasteiger partial charge on any atom is 0.322 e. The number of pyridine rings is 1. The molecule has 1 aliphatic heterocycles. The highest BCUT2D eigenvalue weighted by molar-refractivity contribution is 5.94. The Morgan fingerprint density at radius 3 is 2.39 bits per heavy atom. The zero-order chi connectivity index (χ0) is 19.8. The summed E-state index contributed by atoms with van der Waals surface area (Å²) < 4.78 is 5.69. The number of carbonyl (C=O) groups excluding carboxylic acids is 1. The van der Waals surface area contributed by atoms with Gasteiger partial charge in [-0.3, -0.25) is 19.5 Å². The standard InChI is InChI=1S/C21H25N3O4/c25-20(23-14-19(21(26)27)24-12-2-1-3-13-24)17-4-6-18(7-5-17)28-15-16-8-10-22-11-9-16/h4-11,19H,1-3,12-15H2,(H,23,25)(H,26,27)/t19-/m0/s1. The molecular formula is C21H25N3O4.